The number of nitrogens with zero attached hydrogens (tertiary/aromatic N) is 1. The molecule has 24 heavy (non-hydrogen) atoms. The largest absolute Gasteiger partial charge is 0.464 e. The third-order valence-corrected chi connectivity index (χ3v) is 4.98. The van der Waals surface area contributed by atoms with E-state index in [2.05, 4.69) is 0 Å². The van der Waals surface area contributed by atoms with Crippen molar-refractivity contribution in [3.63, 3.8) is 0 Å². The van der Waals surface area contributed by atoms with Crippen LogP contribution in [0.3, 0.4) is 0 Å². The highest BCUT2D eigenvalue weighted by atomic mass is 32.2. The molecule has 5 nitrogen and oxygen atoms in total. The molecule has 0 aliphatic carbocycles. The molecular formula is C18H23NO4S. The van der Waals surface area contributed by atoms with Gasteiger partial charge in [-0.05, 0) is 57.5 Å². The molecule has 2 aromatic rings. The average Bonchev–Trinajstić information content (AvgIpc) is 2.88. The summed E-state index contributed by atoms with van der Waals surface area (Å²) in [6, 6.07) is 8.29. The van der Waals surface area contributed by atoms with Gasteiger partial charge in [-0.2, -0.15) is 0 Å². The van der Waals surface area contributed by atoms with E-state index in [1.54, 1.807) is 17.9 Å². The maximum absolute atomic E-state index is 13.0. The number of hydrogen-bond donors (Lipinski definition) is 0. The van der Waals surface area contributed by atoms with Gasteiger partial charge in [0.15, 0.2) is 9.84 Å². The first kappa shape index (κ1) is 18.3. The summed E-state index contributed by atoms with van der Waals surface area (Å²) in [6.07, 6.45) is 1.14. The van der Waals surface area contributed by atoms with Crippen LogP contribution in [0.1, 0.15) is 41.3 Å². The molecule has 6 heteroatoms. The summed E-state index contributed by atoms with van der Waals surface area (Å²) in [5, 5.41) is 0. The lowest BCUT2D eigenvalue weighted by molar-refractivity contribution is 0.0674. The number of carbonyl (C=O) groups excluding carboxylic acids is 1. The molecule has 0 aliphatic rings. The van der Waals surface area contributed by atoms with Crippen LogP contribution in [-0.2, 0) is 16.4 Å². The van der Waals surface area contributed by atoms with E-state index in [9.17, 15) is 13.2 Å². The molecule has 0 saturated carbocycles. The molecule has 130 valence electrons. The third kappa shape index (κ3) is 4.06. The average molecular weight is 349 g/mol. The Hall–Kier alpha value is -2.08. The van der Waals surface area contributed by atoms with E-state index in [4.69, 9.17) is 4.42 Å². The highest BCUT2D eigenvalue weighted by molar-refractivity contribution is 7.90. The number of hydrogen-bond acceptors (Lipinski definition) is 4. The van der Waals surface area contributed by atoms with Crippen LogP contribution in [0, 0.1) is 13.8 Å². The smallest absolute Gasteiger partial charge is 0.254 e. The van der Waals surface area contributed by atoms with Crippen LogP contribution >= 0.6 is 0 Å². The molecule has 0 unspecified atom stereocenters. The van der Waals surface area contributed by atoms with Gasteiger partial charge in [0.25, 0.3) is 5.91 Å². The summed E-state index contributed by atoms with van der Waals surface area (Å²) in [5.41, 5.74) is 1.14. The Kier molecular flexibility index (Phi) is 5.18. The number of benzene rings is 1. The fourth-order valence-corrected chi connectivity index (χ4v) is 3.09. The minimum absolute atomic E-state index is 0.0517. The maximum atomic E-state index is 13.0. The zero-order chi connectivity index (χ0) is 18.1. The van der Waals surface area contributed by atoms with Crippen LogP contribution in [0.4, 0.5) is 0 Å². The third-order valence-electron chi connectivity index (χ3n) is 3.87. The van der Waals surface area contributed by atoms with Gasteiger partial charge in [0.1, 0.15) is 11.5 Å². The van der Waals surface area contributed by atoms with Crippen LogP contribution in [0.25, 0.3) is 0 Å². The lowest BCUT2D eigenvalue weighted by atomic mass is 10.1. The number of furan rings is 1. The molecule has 1 amide bonds. The molecule has 1 aromatic carbocycles. The summed E-state index contributed by atoms with van der Waals surface area (Å²) in [6.45, 7) is 7.83. The molecule has 1 heterocycles. The van der Waals surface area contributed by atoms with Crippen molar-refractivity contribution < 1.29 is 17.6 Å². The molecule has 1 aromatic heterocycles. The predicted molar refractivity (Wildman–Crippen MR) is 92.7 cm³/mol. The lowest BCUT2D eigenvalue weighted by Crippen LogP contribution is -2.36. The number of aryl methyl sites for hydroxylation is 2. The Bertz CT molecular complexity index is 850. The van der Waals surface area contributed by atoms with Gasteiger partial charge in [-0.1, -0.05) is 6.07 Å². The van der Waals surface area contributed by atoms with Gasteiger partial charge in [0, 0.05) is 17.9 Å². The Morgan fingerprint density at radius 2 is 1.83 bits per heavy atom. The van der Waals surface area contributed by atoms with E-state index in [1.165, 1.54) is 12.1 Å². The molecule has 0 bridgehead atoms. The minimum Gasteiger partial charge on any atom is -0.464 e. The van der Waals surface area contributed by atoms with Gasteiger partial charge in [0.2, 0.25) is 0 Å². The van der Waals surface area contributed by atoms with Gasteiger partial charge < -0.3 is 9.32 Å². The van der Waals surface area contributed by atoms with Crippen molar-refractivity contribution in [1.29, 1.82) is 0 Å². The topological polar surface area (TPSA) is 67.6 Å². The maximum Gasteiger partial charge on any atom is 0.254 e. The first-order valence-electron chi connectivity index (χ1n) is 7.76. The molecule has 0 spiro atoms. The Labute approximate surface area is 143 Å². The van der Waals surface area contributed by atoms with Crippen molar-refractivity contribution in [2.75, 3.05) is 6.26 Å². The van der Waals surface area contributed by atoms with E-state index >= 15 is 0 Å². The van der Waals surface area contributed by atoms with Crippen LogP contribution < -0.4 is 0 Å². The van der Waals surface area contributed by atoms with E-state index in [1.807, 2.05) is 32.9 Å². The molecule has 0 atom stereocenters. The number of carbonyl (C=O) groups is 1. The van der Waals surface area contributed by atoms with Crippen LogP contribution in [0.15, 0.2) is 39.6 Å². The van der Waals surface area contributed by atoms with Crippen LogP contribution in [0.5, 0.6) is 0 Å². The minimum atomic E-state index is -3.37. The van der Waals surface area contributed by atoms with Crippen LogP contribution in [-0.4, -0.2) is 31.5 Å². The van der Waals surface area contributed by atoms with Gasteiger partial charge in [-0.3, -0.25) is 4.79 Å². The zero-order valence-electron chi connectivity index (χ0n) is 14.7. The molecule has 0 radical (unpaired) electrons. The van der Waals surface area contributed by atoms with Gasteiger partial charge >= 0.3 is 0 Å². The summed E-state index contributed by atoms with van der Waals surface area (Å²) in [5.74, 6) is 1.28. The summed E-state index contributed by atoms with van der Waals surface area (Å²) in [4.78, 5) is 14.8. The number of rotatable bonds is 5. The van der Waals surface area contributed by atoms with E-state index in [0.29, 0.717) is 17.9 Å². The Balaban J connectivity index is 2.39. The molecule has 0 fully saturated rings. The second-order valence-corrected chi connectivity index (χ2v) is 8.30. The van der Waals surface area contributed by atoms with Gasteiger partial charge in [-0.15, -0.1) is 0 Å². The van der Waals surface area contributed by atoms with Crippen molar-refractivity contribution in [1.82, 2.24) is 4.90 Å². The normalized spacial score (nSPS) is 11.8. The van der Waals surface area contributed by atoms with Crippen LogP contribution in [0.2, 0.25) is 0 Å². The van der Waals surface area contributed by atoms with Gasteiger partial charge in [-0.25, -0.2) is 8.42 Å². The predicted octanol–water partition coefficient (Wildman–Crippen LogP) is 3.35. The Morgan fingerprint density at radius 3 is 2.33 bits per heavy atom. The SMILES string of the molecule is Cc1ccc(CN(C(=O)c2cc(S(C)(=O)=O)ccc2C)C(C)C)o1. The Morgan fingerprint density at radius 1 is 1.17 bits per heavy atom. The van der Waals surface area contributed by atoms with Crippen molar-refractivity contribution in [3.8, 4) is 0 Å². The first-order valence-corrected chi connectivity index (χ1v) is 9.65. The summed E-state index contributed by atoms with van der Waals surface area (Å²) >= 11 is 0. The zero-order valence-corrected chi connectivity index (χ0v) is 15.5. The fraction of sp³-hybridized carbons (Fsp3) is 0.389. The first-order chi connectivity index (χ1) is 11.1. The van der Waals surface area contributed by atoms with Gasteiger partial charge in [0.05, 0.1) is 11.4 Å². The van der Waals surface area contributed by atoms with E-state index in [-0.39, 0.29) is 16.8 Å². The summed E-state index contributed by atoms with van der Waals surface area (Å²) in [7, 11) is -3.37. The molecule has 0 N–H and O–H groups in total. The quantitative estimate of drug-likeness (QED) is 0.830. The second kappa shape index (κ2) is 6.81. The molecule has 0 saturated heterocycles. The molecular weight excluding hydrogens is 326 g/mol. The molecule has 0 aliphatic heterocycles. The standard InChI is InChI=1S/C18H23NO4S/c1-12(2)19(11-15-8-7-14(4)23-15)18(20)17-10-16(24(5,21)22)9-6-13(17)3/h6-10,12H,11H2,1-5H3. The highest BCUT2D eigenvalue weighted by Gasteiger charge is 2.23. The number of sulfone groups is 1. The van der Waals surface area contributed by atoms with Crippen molar-refractivity contribution in [2.45, 2.75) is 45.2 Å². The van der Waals surface area contributed by atoms with Crippen molar-refractivity contribution in [3.05, 3.63) is 53.0 Å². The van der Waals surface area contributed by atoms with E-state index < -0.39 is 9.84 Å². The number of amides is 1. The highest BCUT2D eigenvalue weighted by Crippen LogP contribution is 2.20. The molecule has 2 rings (SSSR count). The van der Waals surface area contributed by atoms with E-state index in [0.717, 1.165) is 17.6 Å². The second-order valence-electron chi connectivity index (χ2n) is 6.29. The van der Waals surface area contributed by atoms with Crippen molar-refractivity contribution >= 4 is 15.7 Å². The van der Waals surface area contributed by atoms with Crippen molar-refractivity contribution in [2.24, 2.45) is 0 Å². The summed E-state index contributed by atoms with van der Waals surface area (Å²) < 4.78 is 29.1. The monoisotopic (exact) mass is 349 g/mol. The fourth-order valence-electron chi connectivity index (χ4n) is 2.44. The lowest BCUT2D eigenvalue weighted by Gasteiger charge is -2.26.